The molecule has 1 saturated heterocycles. The molecule has 1 N–H and O–H groups in total. The Morgan fingerprint density at radius 1 is 1.05 bits per heavy atom. The maximum absolute atomic E-state index is 12.5. The van der Waals surface area contributed by atoms with Crippen LogP contribution in [0.25, 0.3) is 0 Å². The van der Waals surface area contributed by atoms with E-state index in [-0.39, 0.29) is 16.9 Å². The number of ketones is 1. The molecule has 0 bridgehead atoms. The molecular weight excluding hydrogens is 270 g/mol. The zero-order chi connectivity index (χ0) is 16.5. The van der Waals surface area contributed by atoms with E-state index < -0.39 is 0 Å². The lowest BCUT2D eigenvalue weighted by molar-refractivity contribution is -0.120. The molecule has 1 aromatic rings. The summed E-state index contributed by atoms with van der Waals surface area (Å²) in [6.07, 6.45) is 2.65. The van der Waals surface area contributed by atoms with Gasteiger partial charge in [-0.15, -0.1) is 0 Å². The van der Waals surface area contributed by atoms with E-state index in [1.54, 1.807) is 0 Å². The van der Waals surface area contributed by atoms with Crippen LogP contribution < -0.4 is 5.32 Å². The highest BCUT2D eigenvalue weighted by atomic mass is 16.1. The molecule has 1 aliphatic rings. The number of benzene rings is 1. The van der Waals surface area contributed by atoms with Crippen molar-refractivity contribution in [3.8, 4) is 0 Å². The van der Waals surface area contributed by atoms with Crippen LogP contribution >= 0.6 is 0 Å². The first-order chi connectivity index (χ1) is 10.1. The van der Waals surface area contributed by atoms with Crippen molar-refractivity contribution in [3.05, 3.63) is 34.9 Å². The Balaban J connectivity index is 2.31. The predicted octanol–water partition coefficient (Wildman–Crippen LogP) is 4.15. The van der Waals surface area contributed by atoms with Gasteiger partial charge in [0.2, 0.25) is 0 Å². The molecule has 1 heterocycles. The lowest BCUT2D eigenvalue weighted by Crippen LogP contribution is -2.32. The van der Waals surface area contributed by atoms with Crippen molar-refractivity contribution in [2.24, 2.45) is 0 Å². The molecule has 0 amide bonds. The van der Waals surface area contributed by atoms with Crippen LogP contribution in [-0.4, -0.2) is 18.4 Å². The minimum Gasteiger partial charge on any atom is -0.307 e. The second-order valence-electron chi connectivity index (χ2n) is 8.71. The first kappa shape index (κ1) is 17.2. The fraction of sp³-hybridized carbons (Fsp3) is 0.650. The number of hydrogen-bond donors (Lipinski definition) is 1. The van der Waals surface area contributed by atoms with Crippen molar-refractivity contribution in [2.75, 3.05) is 6.54 Å². The summed E-state index contributed by atoms with van der Waals surface area (Å²) in [5, 5.41) is 3.32. The number of nitrogens with one attached hydrogen (secondary N) is 1. The normalized spacial score (nSPS) is 19.5. The molecule has 122 valence electrons. The first-order valence-electron chi connectivity index (χ1n) is 8.48. The van der Waals surface area contributed by atoms with Crippen LogP contribution in [0.1, 0.15) is 71.1 Å². The van der Waals surface area contributed by atoms with Crippen molar-refractivity contribution in [1.82, 2.24) is 5.32 Å². The minimum atomic E-state index is 0.0661. The van der Waals surface area contributed by atoms with Gasteiger partial charge >= 0.3 is 0 Å². The second kappa shape index (κ2) is 6.16. The van der Waals surface area contributed by atoms with Crippen LogP contribution in [0.3, 0.4) is 0 Å². The van der Waals surface area contributed by atoms with Crippen molar-refractivity contribution in [3.63, 3.8) is 0 Å². The van der Waals surface area contributed by atoms with E-state index in [1.165, 1.54) is 11.1 Å². The highest BCUT2D eigenvalue weighted by Crippen LogP contribution is 2.30. The van der Waals surface area contributed by atoms with Gasteiger partial charge in [-0.05, 0) is 46.9 Å². The molecule has 1 aliphatic heterocycles. The zero-order valence-electron chi connectivity index (χ0n) is 15.0. The highest BCUT2D eigenvalue weighted by molar-refractivity contribution is 5.86. The molecule has 0 radical (unpaired) electrons. The highest BCUT2D eigenvalue weighted by Gasteiger charge is 2.24. The van der Waals surface area contributed by atoms with Crippen LogP contribution in [0.5, 0.6) is 0 Å². The van der Waals surface area contributed by atoms with Crippen molar-refractivity contribution >= 4 is 5.78 Å². The summed E-state index contributed by atoms with van der Waals surface area (Å²) in [5.41, 5.74) is 4.01. The predicted molar refractivity (Wildman–Crippen MR) is 93.6 cm³/mol. The number of Topliss-reactive ketones (excluding diaryl/α,β-unsaturated/α-hetero) is 1. The topological polar surface area (TPSA) is 29.1 Å². The maximum Gasteiger partial charge on any atom is 0.154 e. The summed E-state index contributed by atoms with van der Waals surface area (Å²) < 4.78 is 0. The van der Waals surface area contributed by atoms with Crippen LogP contribution in [0, 0.1) is 0 Å². The molecule has 0 spiro atoms. The quantitative estimate of drug-likeness (QED) is 0.909. The van der Waals surface area contributed by atoms with E-state index in [4.69, 9.17) is 0 Å². The molecular formula is C20H31NO. The van der Waals surface area contributed by atoms with Gasteiger partial charge in [-0.3, -0.25) is 4.79 Å². The third-order valence-corrected chi connectivity index (χ3v) is 4.55. The summed E-state index contributed by atoms with van der Waals surface area (Å²) in [5.74, 6) is 0.336. The molecule has 0 aromatic heterocycles. The van der Waals surface area contributed by atoms with Gasteiger partial charge in [0.05, 0.1) is 6.04 Å². The lowest BCUT2D eigenvalue weighted by atomic mass is 9.79. The van der Waals surface area contributed by atoms with Crippen LogP contribution in [0.4, 0.5) is 0 Å². The number of hydrogen-bond acceptors (Lipinski definition) is 2. The summed E-state index contributed by atoms with van der Waals surface area (Å²) in [6, 6.07) is 6.82. The third-order valence-electron chi connectivity index (χ3n) is 4.55. The smallest absolute Gasteiger partial charge is 0.154 e. The number of rotatable bonds is 3. The standard InChI is InChI=1S/C20H31NO/c1-19(2,3)15-10-14(11-16(13-15)20(4,5)6)12-18(22)17-8-7-9-21-17/h10-11,13,17,21H,7-9,12H2,1-6H3/t17-/m1/s1. The fourth-order valence-corrected chi connectivity index (χ4v) is 2.94. The summed E-state index contributed by atoms with van der Waals surface area (Å²) in [6.45, 7) is 14.4. The molecule has 0 unspecified atom stereocenters. The average molecular weight is 301 g/mol. The van der Waals surface area contributed by atoms with Gasteiger partial charge in [-0.1, -0.05) is 59.7 Å². The molecule has 22 heavy (non-hydrogen) atoms. The SMILES string of the molecule is CC(C)(C)c1cc(CC(=O)[C@H]2CCCN2)cc(C(C)(C)C)c1. The van der Waals surface area contributed by atoms with Gasteiger partial charge in [0.1, 0.15) is 0 Å². The monoisotopic (exact) mass is 301 g/mol. The zero-order valence-corrected chi connectivity index (χ0v) is 15.0. The van der Waals surface area contributed by atoms with E-state index in [9.17, 15) is 4.79 Å². The van der Waals surface area contributed by atoms with E-state index in [0.29, 0.717) is 12.2 Å². The Bertz CT molecular complexity index is 508. The lowest BCUT2D eigenvalue weighted by Gasteiger charge is -2.26. The van der Waals surface area contributed by atoms with Gasteiger partial charge in [-0.25, -0.2) is 0 Å². The Kier molecular flexibility index (Phi) is 4.81. The fourth-order valence-electron chi connectivity index (χ4n) is 2.94. The van der Waals surface area contributed by atoms with E-state index in [2.05, 4.69) is 65.1 Å². The van der Waals surface area contributed by atoms with Crippen LogP contribution in [-0.2, 0) is 22.0 Å². The Labute approximate surface area is 135 Å². The van der Waals surface area contributed by atoms with E-state index in [0.717, 1.165) is 24.9 Å². The molecule has 1 aromatic carbocycles. The molecule has 2 rings (SSSR count). The Morgan fingerprint density at radius 3 is 2.00 bits per heavy atom. The Morgan fingerprint density at radius 2 is 1.59 bits per heavy atom. The summed E-state index contributed by atoms with van der Waals surface area (Å²) in [4.78, 5) is 12.5. The summed E-state index contributed by atoms with van der Waals surface area (Å²) >= 11 is 0. The summed E-state index contributed by atoms with van der Waals surface area (Å²) in [7, 11) is 0. The molecule has 2 heteroatoms. The number of carbonyl (C=O) groups excluding carboxylic acids is 1. The number of carbonyl (C=O) groups is 1. The minimum absolute atomic E-state index is 0.0661. The molecule has 1 atom stereocenters. The first-order valence-corrected chi connectivity index (χ1v) is 8.48. The molecule has 2 nitrogen and oxygen atoms in total. The van der Waals surface area contributed by atoms with Crippen LogP contribution in [0.2, 0.25) is 0 Å². The molecule has 1 fully saturated rings. The largest absolute Gasteiger partial charge is 0.307 e. The Hall–Kier alpha value is -1.15. The molecule has 0 saturated carbocycles. The van der Waals surface area contributed by atoms with Crippen molar-refractivity contribution < 1.29 is 4.79 Å². The third kappa shape index (κ3) is 4.19. The molecule has 0 aliphatic carbocycles. The van der Waals surface area contributed by atoms with Gasteiger partial charge in [0.15, 0.2) is 5.78 Å². The van der Waals surface area contributed by atoms with Gasteiger partial charge < -0.3 is 5.32 Å². The van der Waals surface area contributed by atoms with Crippen molar-refractivity contribution in [1.29, 1.82) is 0 Å². The average Bonchev–Trinajstić information content (AvgIpc) is 2.90. The van der Waals surface area contributed by atoms with Gasteiger partial charge in [0, 0.05) is 6.42 Å². The van der Waals surface area contributed by atoms with E-state index >= 15 is 0 Å². The van der Waals surface area contributed by atoms with E-state index in [1.807, 2.05) is 0 Å². The second-order valence-corrected chi connectivity index (χ2v) is 8.71. The van der Waals surface area contributed by atoms with Gasteiger partial charge in [-0.2, -0.15) is 0 Å². The van der Waals surface area contributed by atoms with Crippen molar-refractivity contribution in [2.45, 2.75) is 77.7 Å². The maximum atomic E-state index is 12.5. The van der Waals surface area contributed by atoms with Gasteiger partial charge in [0.25, 0.3) is 0 Å². The van der Waals surface area contributed by atoms with Crippen LogP contribution in [0.15, 0.2) is 18.2 Å².